The first kappa shape index (κ1) is 11.8. The second-order valence-electron chi connectivity index (χ2n) is 3.99. The molecule has 0 radical (unpaired) electrons. The topological polar surface area (TPSA) is 37.3 Å². The molecule has 2 nitrogen and oxygen atoms in total. The van der Waals surface area contributed by atoms with Crippen LogP contribution < -0.4 is 0 Å². The zero-order valence-electron chi connectivity index (χ0n) is 9.36. The van der Waals surface area contributed by atoms with Gasteiger partial charge in [-0.15, -0.1) is 0 Å². The van der Waals surface area contributed by atoms with Crippen molar-refractivity contribution >= 4 is 5.97 Å². The minimum atomic E-state index is -0.714. The van der Waals surface area contributed by atoms with Gasteiger partial charge in [0.2, 0.25) is 0 Å². The monoisotopic (exact) mass is 206 g/mol. The molecule has 0 amide bonds. The lowest BCUT2D eigenvalue weighted by atomic mass is 9.91. The molecule has 0 saturated carbocycles. The number of benzene rings is 1. The van der Waals surface area contributed by atoms with Gasteiger partial charge >= 0.3 is 5.97 Å². The molecular weight excluding hydrogens is 188 g/mol. The molecule has 0 spiro atoms. The van der Waals surface area contributed by atoms with Gasteiger partial charge in [-0.1, -0.05) is 43.2 Å². The van der Waals surface area contributed by atoms with Crippen LogP contribution in [0.2, 0.25) is 0 Å². The van der Waals surface area contributed by atoms with E-state index >= 15 is 0 Å². The van der Waals surface area contributed by atoms with Crippen LogP contribution in [0.5, 0.6) is 0 Å². The van der Waals surface area contributed by atoms with Crippen LogP contribution in [0.15, 0.2) is 24.3 Å². The van der Waals surface area contributed by atoms with Gasteiger partial charge < -0.3 is 5.11 Å². The number of hydrogen-bond acceptors (Lipinski definition) is 1. The molecule has 1 atom stereocenters. The summed E-state index contributed by atoms with van der Waals surface area (Å²) in [4.78, 5) is 10.7. The first-order valence-corrected chi connectivity index (χ1v) is 5.41. The van der Waals surface area contributed by atoms with E-state index in [9.17, 15) is 4.79 Å². The highest BCUT2D eigenvalue weighted by molar-refractivity contribution is 5.68. The Morgan fingerprint density at radius 3 is 2.40 bits per heavy atom. The van der Waals surface area contributed by atoms with Gasteiger partial charge in [0.15, 0.2) is 0 Å². The number of hydrogen-bond donors (Lipinski definition) is 1. The van der Waals surface area contributed by atoms with Gasteiger partial charge in [0, 0.05) is 0 Å². The van der Waals surface area contributed by atoms with Crippen LogP contribution in [0.1, 0.15) is 43.2 Å². The van der Waals surface area contributed by atoms with E-state index in [1.165, 1.54) is 5.56 Å². The molecule has 0 aliphatic rings. The van der Waals surface area contributed by atoms with Crippen molar-refractivity contribution < 1.29 is 9.90 Å². The van der Waals surface area contributed by atoms with Crippen molar-refractivity contribution in [2.24, 2.45) is 0 Å². The van der Waals surface area contributed by atoms with Gasteiger partial charge in [-0.2, -0.15) is 0 Å². The lowest BCUT2D eigenvalue weighted by Crippen LogP contribution is -2.06. The van der Waals surface area contributed by atoms with E-state index < -0.39 is 5.97 Å². The van der Waals surface area contributed by atoms with E-state index in [4.69, 9.17) is 5.11 Å². The van der Waals surface area contributed by atoms with Gasteiger partial charge in [-0.3, -0.25) is 4.79 Å². The maximum Gasteiger partial charge on any atom is 0.303 e. The van der Waals surface area contributed by atoms with Gasteiger partial charge in [0.25, 0.3) is 0 Å². The molecule has 1 aromatic rings. The van der Waals surface area contributed by atoms with Crippen molar-refractivity contribution in [1.29, 1.82) is 0 Å². The molecule has 82 valence electrons. The average molecular weight is 206 g/mol. The second-order valence-corrected chi connectivity index (χ2v) is 3.99. The smallest absolute Gasteiger partial charge is 0.303 e. The van der Waals surface area contributed by atoms with Crippen LogP contribution in [0.25, 0.3) is 0 Å². The van der Waals surface area contributed by atoms with Crippen molar-refractivity contribution in [3.05, 3.63) is 35.4 Å². The van der Waals surface area contributed by atoms with Crippen LogP contribution in [-0.4, -0.2) is 11.1 Å². The predicted molar refractivity (Wildman–Crippen MR) is 61.1 cm³/mol. The molecule has 0 aliphatic carbocycles. The Morgan fingerprint density at radius 1 is 1.33 bits per heavy atom. The summed E-state index contributed by atoms with van der Waals surface area (Å²) in [6.07, 6.45) is 2.19. The summed E-state index contributed by atoms with van der Waals surface area (Å²) < 4.78 is 0. The Morgan fingerprint density at radius 2 is 1.93 bits per heavy atom. The van der Waals surface area contributed by atoms with E-state index in [0.29, 0.717) is 0 Å². The summed E-state index contributed by atoms with van der Waals surface area (Å²) >= 11 is 0. The van der Waals surface area contributed by atoms with Gasteiger partial charge in [-0.25, -0.2) is 0 Å². The molecule has 1 N–H and O–H groups in total. The third kappa shape index (κ3) is 3.74. The number of carboxylic acids is 1. The molecule has 0 aromatic heterocycles. The number of aryl methyl sites for hydroxylation is 1. The fourth-order valence-corrected chi connectivity index (χ4v) is 1.78. The van der Waals surface area contributed by atoms with Crippen LogP contribution in [-0.2, 0) is 4.79 Å². The lowest BCUT2D eigenvalue weighted by Gasteiger charge is -2.14. The molecule has 0 fully saturated rings. The van der Waals surface area contributed by atoms with Crippen LogP contribution in [0, 0.1) is 6.92 Å². The number of carbonyl (C=O) groups is 1. The lowest BCUT2D eigenvalue weighted by molar-refractivity contribution is -0.137. The van der Waals surface area contributed by atoms with E-state index in [-0.39, 0.29) is 12.3 Å². The molecule has 0 saturated heterocycles. The summed E-state index contributed by atoms with van der Waals surface area (Å²) in [6, 6.07) is 8.16. The molecule has 0 bridgehead atoms. The highest BCUT2D eigenvalue weighted by atomic mass is 16.4. The first-order valence-electron chi connectivity index (χ1n) is 5.41. The van der Waals surface area contributed by atoms with Crippen LogP contribution in [0.4, 0.5) is 0 Å². The SMILES string of the molecule is CCCC(CC(=O)O)c1ccc(C)cc1. The minimum absolute atomic E-state index is 0.160. The van der Waals surface area contributed by atoms with Gasteiger partial charge in [0.1, 0.15) is 0 Å². The number of aliphatic carboxylic acids is 1. The van der Waals surface area contributed by atoms with Crippen molar-refractivity contribution in [3.8, 4) is 0 Å². The maximum absolute atomic E-state index is 10.7. The molecule has 0 heterocycles. The largest absolute Gasteiger partial charge is 0.481 e. The molecule has 0 aliphatic heterocycles. The molecule has 15 heavy (non-hydrogen) atoms. The second kappa shape index (κ2) is 5.54. The Labute approximate surface area is 90.9 Å². The number of rotatable bonds is 5. The first-order chi connectivity index (χ1) is 7.13. The summed E-state index contributed by atoms with van der Waals surface area (Å²) in [5.74, 6) is -0.554. The Hall–Kier alpha value is -1.31. The van der Waals surface area contributed by atoms with Crippen molar-refractivity contribution in [3.63, 3.8) is 0 Å². The fraction of sp³-hybridized carbons (Fsp3) is 0.462. The quantitative estimate of drug-likeness (QED) is 0.802. The van der Waals surface area contributed by atoms with E-state index in [1.54, 1.807) is 0 Å². The van der Waals surface area contributed by atoms with Crippen LogP contribution in [0.3, 0.4) is 0 Å². The maximum atomic E-state index is 10.7. The normalized spacial score (nSPS) is 12.4. The van der Waals surface area contributed by atoms with E-state index in [0.717, 1.165) is 18.4 Å². The van der Waals surface area contributed by atoms with Gasteiger partial charge in [-0.05, 0) is 24.8 Å². The third-order valence-electron chi connectivity index (χ3n) is 2.61. The summed E-state index contributed by atoms with van der Waals surface area (Å²) in [6.45, 7) is 4.12. The molecule has 1 rings (SSSR count). The zero-order valence-corrected chi connectivity index (χ0v) is 9.36. The summed E-state index contributed by atoms with van der Waals surface area (Å²) in [5, 5.41) is 8.83. The highest BCUT2D eigenvalue weighted by Crippen LogP contribution is 2.25. The minimum Gasteiger partial charge on any atom is -0.481 e. The Kier molecular flexibility index (Phi) is 4.35. The predicted octanol–water partition coefficient (Wildman–Crippen LogP) is 3.35. The highest BCUT2D eigenvalue weighted by Gasteiger charge is 2.14. The van der Waals surface area contributed by atoms with Crippen molar-refractivity contribution in [1.82, 2.24) is 0 Å². The Bertz CT molecular complexity index is 314. The molecule has 1 unspecified atom stereocenters. The fourth-order valence-electron chi connectivity index (χ4n) is 1.78. The molecule has 1 aromatic carbocycles. The average Bonchev–Trinajstić information content (AvgIpc) is 2.17. The summed E-state index contributed by atoms with van der Waals surface area (Å²) in [7, 11) is 0. The van der Waals surface area contributed by atoms with Crippen molar-refractivity contribution in [2.75, 3.05) is 0 Å². The Balaban J connectivity index is 2.78. The third-order valence-corrected chi connectivity index (χ3v) is 2.61. The van der Waals surface area contributed by atoms with Crippen molar-refractivity contribution in [2.45, 2.75) is 39.0 Å². The van der Waals surface area contributed by atoms with E-state index in [2.05, 4.69) is 6.92 Å². The van der Waals surface area contributed by atoms with E-state index in [1.807, 2.05) is 31.2 Å². The molecular formula is C13H18O2. The zero-order chi connectivity index (χ0) is 11.3. The standard InChI is InChI=1S/C13H18O2/c1-3-4-12(9-13(14)15)11-7-5-10(2)6-8-11/h5-8,12H,3-4,9H2,1-2H3,(H,14,15). The van der Waals surface area contributed by atoms with Crippen LogP contribution >= 0.6 is 0 Å². The number of carboxylic acid groups (broad SMARTS) is 1. The summed E-state index contributed by atoms with van der Waals surface area (Å²) in [5.41, 5.74) is 2.36. The van der Waals surface area contributed by atoms with Gasteiger partial charge in [0.05, 0.1) is 6.42 Å². The molecule has 2 heteroatoms.